The van der Waals surface area contributed by atoms with Crippen molar-refractivity contribution in [1.29, 1.82) is 0 Å². The minimum Gasteiger partial charge on any atom is -0.457 e. The molecule has 1 amide bonds. The molecule has 1 heterocycles. The molecule has 0 fully saturated rings. The number of hydrogen-bond donors (Lipinski definition) is 1. The molecule has 6 heteroatoms. The number of carbonyl (C=O) groups is 2. The number of amides is 1. The molecule has 1 atom stereocenters. The van der Waals surface area contributed by atoms with Crippen LogP contribution >= 0.6 is 11.3 Å². The molecule has 1 N–H and O–H groups in total. The van der Waals surface area contributed by atoms with Crippen molar-refractivity contribution in [3.05, 3.63) is 77.0 Å². The summed E-state index contributed by atoms with van der Waals surface area (Å²) < 4.78 is 10.9. The standard InChI is InChI=1S/C21H19NO4S/c1-15(25-20(23)14-19-8-5-13-27-19)21(24)22-16-9-11-18(12-10-16)26-17-6-3-2-4-7-17/h2-13,15H,14H2,1H3,(H,22,24)/t15-/m0/s1. The Morgan fingerprint density at radius 2 is 1.67 bits per heavy atom. The molecule has 0 saturated heterocycles. The van der Waals surface area contributed by atoms with Crippen LogP contribution in [0.2, 0.25) is 0 Å². The number of rotatable bonds is 7. The molecule has 2 aromatic carbocycles. The van der Waals surface area contributed by atoms with Crippen LogP contribution in [0.5, 0.6) is 11.5 Å². The zero-order chi connectivity index (χ0) is 19.1. The number of nitrogens with one attached hydrogen (secondary N) is 1. The number of carbonyl (C=O) groups excluding carboxylic acids is 2. The van der Waals surface area contributed by atoms with E-state index in [4.69, 9.17) is 9.47 Å². The zero-order valence-electron chi connectivity index (χ0n) is 14.8. The molecular formula is C21H19NO4S. The smallest absolute Gasteiger partial charge is 0.311 e. The predicted octanol–water partition coefficient (Wildman–Crippen LogP) is 4.65. The highest BCUT2D eigenvalue weighted by molar-refractivity contribution is 7.10. The summed E-state index contributed by atoms with van der Waals surface area (Å²) in [5, 5.41) is 4.62. The summed E-state index contributed by atoms with van der Waals surface area (Å²) in [4.78, 5) is 25.0. The maximum absolute atomic E-state index is 12.2. The third-order valence-corrected chi connectivity index (χ3v) is 4.55. The first kappa shape index (κ1) is 18.7. The van der Waals surface area contributed by atoms with E-state index >= 15 is 0 Å². The fourth-order valence-electron chi connectivity index (χ4n) is 2.32. The van der Waals surface area contributed by atoms with E-state index in [1.54, 1.807) is 31.2 Å². The Balaban J connectivity index is 1.50. The Kier molecular flexibility index (Phi) is 6.22. The van der Waals surface area contributed by atoms with Gasteiger partial charge in [0.1, 0.15) is 11.5 Å². The highest BCUT2D eigenvalue weighted by Crippen LogP contribution is 2.22. The average molecular weight is 381 g/mol. The molecule has 0 spiro atoms. The van der Waals surface area contributed by atoms with Crippen molar-refractivity contribution >= 4 is 28.9 Å². The molecule has 3 rings (SSSR count). The summed E-state index contributed by atoms with van der Waals surface area (Å²) in [7, 11) is 0. The molecule has 0 saturated carbocycles. The molecule has 27 heavy (non-hydrogen) atoms. The molecule has 0 aliphatic heterocycles. The second-order valence-electron chi connectivity index (χ2n) is 5.82. The summed E-state index contributed by atoms with van der Waals surface area (Å²) in [6.07, 6.45) is -0.710. The average Bonchev–Trinajstić information content (AvgIpc) is 3.17. The first-order valence-electron chi connectivity index (χ1n) is 8.46. The molecule has 0 aliphatic rings. The second-order valence-corrected chi connectivity index (χ2v) is 6.85. The molecule has 1 aromatic heterocycles. The van der Waals surface area contributed by atoms with Gasteiger partial charge in [-0.15, -0.1) is 11.3 Å². The topological polar surface area (TPSA) is 64.6 Å². The fraction of sp³-hybridized carbons (Fsp3) is 0.143. The van der Waals surface area contributed by atoms with E-state index in [1.165, 1.54) is 11.3 Å². The van der Waals surface area contributed by atoms with Crippen molar-refractivity contribution in [2.24, 2.45) is 0 Å². The molecule has 0 aliphatic carbocycles. The maximum atomic E-state index is 12.2. The first-order valence-corrected chi connectivity index (χ1v) is 9.34. The first-order chi connectivity index (χ1) is 13.1. The second kappa shape index (κ2) is 9.00. The number of para-hydroxylation sites is 1. The van der Waals surface area contributed by atoms with Gasteiger partial charge in [0.2, 0.25) is 0 Å². The maximum Gasteiger partial charge on any atom is 0.311 e. The van der Waals surface area contributed by atoms with Gasteiger partial charge in [0.25, 0.3) is 5.91 Å². The Hall–Kier alpha value is -3.12. The Labute approximate surface area is 161 Å². The lowest BCUT2D eigenvalue weighted by Gasteiger charge is -2.13. The van der Waals surface area contributed by atoms with E-state index in [1.807, 2.05) is 47.8 Å². The van der Waals surface area contributed by atoms with Gasteiger partial charge in [-0.1, -0.05) is 24.3 Å². The van der Waals surface area contributed by atoms with Crippen LogP contribution in [0.15, 0.2) is 72.1 Å². The summed E-state index contributed by atoms with van der Waals surface area (Å²) in [5.74, 6) is 0.591. The molecule has 0 bridgehead atoms. The predicted molar refractivity (Wildman–Crippen MR) is 105 cm³/mol. The lowest BCUT2D eigenvalue weighted by molar-refractivity contribution is -0.152. The van der Waals surface area contributed by atoms with Crippen LogP contribution in [0.1, 0.15) is 11.8 Å². The number of hydrogen-bond acceptors (Lipinski definition) is 5. The number of ether oxygens (including phenoxy) is 2. The third kappa shape index (κ3) is 5.69. The molecular weight excluding hydrogens is 362 g/mol. The largest absolute Gasteiger partial charge is 0.457 e. The fourth-order valence-corrected chi connectivity index (χ4v) is 3.01. The Bertz CT molecular complexity index is 876. The number of anilines is 1. The van der Waals surface area contributed by atoms with Crippen LogP contribution in [-0.4, -0.2) is 18.0 Å². The zero-order valence-corrected chi connectivity index (χ0v) is 15.6. The summed E-state index contributed by atoms with van der Waals surface area (Å²) in [6, 6.07) is 20.1. The lowest BCUT2D eigenvalue weighted by Crippen LogP contribution is -2.30. The van der Waals surface area contributed by atoms with Crippen molar-refractivity contribution in [3.8, 4) is 11.5 Å². The monoisotopic (exact) mass is 381 g/mol. The molecule has 3 aromatic rings. The van der Waals surface area contributed by atoms with E-state index in [9.17, 15) is 9.59 Å². The van der Waals surface area contributed by atoms with Crippen molar-refractivity contribution in [3.63, 3.8) is 0 Å². The van der Waals surface area contributed by atoms with E-state index < -0.39 is 12.1 Å². The Morgan fingerprint density at radius 3 is 2.33 bits per heavy atom. The summed E-state index contributed by atoms with van der Waals surface area (Å²) >= 11 is 1.48. The van der Waals surface area contributed by atoms with Gasteiger partial charge < -0.3 is 14.8 Å². The van der Waals surface area contributed by atoms with Gasteiger partial charge in [-0.3, -0.25) is 9.59 Å². The van der Waals surface area contributed by atoms with E-state index in [-0.39, 0.29) is 12.3 Å². The van der Waals surface area contributed by atoms with Crippen molar-refractivity contribution in [1.82, 2.24) is 0 Å². The van der Waals surface area contributed by atoms with E-state index in [0.717, 1.165) is 10.6 Å². The minimum absolute atomic E-state index is 0.167. The van der Waals surface area contributed by atoms with E-state index in [2.05, 4.69) is 5.32 Å². The van der Waals surface area contributed by atoms with Gasteiger partial charge in [0.05, 0.1) is 6.42 Å². The number of esters is 1. The SMILES string of the molecule is C[C@H](OC(=O)Cc1cccs1)C(=O)Nc1ccc(Oc2ccccc2)cc1. The molecule has 5 nitrogen and oxygen atoms in total. The molecule has 138 valence electrons. The normalized spacial score (nSPS) is 11.4. The van der Waals surface area contributed by atoms with Crippen LogP contribution in [0, 0.1) is 0 Å². The van der Waals surface area contributed by atoms with Crippen molar-refractivity contribution < 1.29 is 19.1 Å². The van der Waals surface area contributed by atoms with Crippen LogP contribution in [-0.2, 0) is 20.7 Å². The van der Waals surface area contributed by atoms with E-state index in [0.29, 0.717) is 11.4 Å². The van der Waals surface area contributed by atoms with Gasteiger partial charge in [-0.2, -0.15) is 0 Å². The van der Waals surface area contributed by atoms with Crippen LogP contribution in [0.3, 0.4) is 0 Å². The van der Waals surface area contributed by atoms with Gasteiger partial charge in [-0.25, -0.2) is 0 Å². The lowest BCUT2D eigenvalue weighted by atomic mass is 10.2. The minimum atomic E-state index is -0.877. The van der Waals surface area contributed by atoms with Gasteiger partial charge >= 0.3 is 5.97 Å². The summed E-state index contributed by atoms with van der Waals surface area (Å²) in [5.41, 5.74) is 0.599. The molecule has 0 radical (unpaired) electrons. The summed E-state index contributed by atoms with van der Waals surface area (Å²) in [6.45, 7) is 1.55. The number of benzene rings is 2. The Morgan fingerprint density at radius 1 is 0.963 bits per heavy atom. The third-order valence-electron chi connectivity index (χ3n) is 3.68. The van der Waals surface area contributed by atoms with Crippen LogP contribution in [0.4, 0.5) is 5.69 Å². The molecule has 0 unspecified atom stereocenters. The van der Waals surface area contributed by atoms with Crippen molar-refractivity contribution in [2.45, 2.75) is 19.4 Å². The van der Waals surface area contributed by atoms with Crippen LogP contribution in [0.25, 0.3) is 0 Å². The van der Waals surface area contributed by atoms with Gasteiger partial charge in [0.15, 0.2) is 6.10 Å². The highest BCUT2D eigenvalue weighted by Gasteiger charge is 2.18. The van der Waals surface area contributed by atoms with Gasteiger partial charge in [-0.05, 0) is 54.8 Å². The van der Waals surface area contributed by atoms with Crippen LogP contribution < -0.4 is 10.1 Å². The quantitative estimate of drug-likeness (QED) is 0.605. The highest BCUT2D eigenvalue weighted by atomic mass is 32.1. The van der Waals surface area contributed by atoms with Crippen molar-refractivity contribution in [2.75, 3.05) is 5.32 Å². The van der Waals surface area contributed by atoms with Gasteiger partial charge in [0, 0.05) is 10.6 Å². The number of thiophene rings is 1.